The monoisotopic (exact) mass is 379 g/mol. The number of hydrogen-bond acceptors (Lipinski definition) is 4. The Morgan fingerprint density at radius 3 is 2.36 bits per heavy atom. The van der Waals surface area contributed by atoms with Crippen molar-refractivity contribution in [3.63, 3.8) is 0 Å². The Bertz CT molecular complexity index is 828. The van der Waals surface area contributed by atoms with Crippen molar-refractivity contribution < 1.29 is 4.79 Å². The van der Waals surface area contributed by atoms with E-state index in [2.05, 4.69) is 64.5 Å². The summed E-state index contributed by atoms with van der Waals surface area (Å²) in [7, 11) is 2.22. The Labute approximate surface area is 167 Å². The molecule has 2 heterocycles. The van der Waals surface area contributed by atoms with E-state index < -0.39 is 0 Å². The van der Waals surface area contributed by atoms with Crippen molar-refractivity contribution in [1.82, 2.24) is 20.2 Å². The highest BCUT2D eigenvalue weighted by Crippen LogP contribution is 2.46. The van der Waals surface area contributed by atoms with E-state index in [1.54, 1.807) is 17.3 Å². The van der Waals surface area contributed by atoms with Crippen molar-refractivity contribution in [2.24, 2.45) is 0 Å². The molecule has 2 aliphatic rings. The fourth-order valence-electron chi connectivity index (χ4n) is 4.81. The van der Waals surface area contributed by atoms with Crippen molar-refractivity contribution in [3.8, 4) is 0 Å². The topological polar surface area (TPSA) is 61.4 Å². The number of aryl methyl sites for hydroxylation is 1. The smallest absolute Gasteiger partial charge is 0.322 e. The van der Waals surface area contributed by atoms with Crippen molar-refractivity contribution in [3.05, 3.63) is 54.1 Å². The van der Waals surface area contributed by atoms with E-state index in [4.69, 9.17) is 0 Å². The quantitative estimate of drug-likeness (QED) is 0.884. The van der Waals surface area contributed by atoms with Crippen LogP contribution in [0.1, 0.15) is 44.0 Å². The van der Waals surface area contributed by atoms with E-state index in [0.29, 0.717) is 12.4 Å². The number of nitrogens with one attached hydrogen (secondary N) is 1. The lowest BCUT2D eigenvalue weighted by Gasteiger charge is -2.49. The summed E-state index contributed by atoms with van der Waals surface area (Å²) >= 11 is 0. The Morgan fingerprint density at radius 2 is 1.75 bits per heavy atom. The summed E-state index contributed by atoms with van der Waals surface area (Å²) < 4.78 is 0. The summed E-state index contributed by atoms with van der Waals surface area (Å²) in [6.07, 6.45) is 7.45. The molecular weight excluding hydrogens is 350 g/mol. The molecule has 1 saturated heterocycles. The molecule has 2 aromatic rings. The highest BCUT2D eigenvalue weighted by molar-refractivity contribution is 5.95. The SMILES string of the molecule is CCN(C)C1(c2ccccc2)CCC2(CC1)CN(c1cnc(C)nc1)C(=O)N2. The highest BCUT2D eigenvalue weighted by atomic mass is 16.2. The van der Waals surface area contributed by atoms with E-state index in [1.165, 1.54) is 5.56 Å². The molecule has 1 aliphatic heterocycles. The lowest BCUT2D eigenvalue weighted by atomic mass is 9.68. The molecule has 4 rings (SSSR count). The molecule has 0 atom stereocenters. The molecule has 1 aromatic carbocycles. The van der Waals surface area contributed by atoms with Crippen LogP contribution in [0.4, 0.5) is 10.5 Å². The lowest BCUT2D eigenvalue weighted by Crippen LogP contribution is -2.54. The summed E-state index contributed by atoms with van der Waals surface area (Å²) in [5.41, 5.74) is 2.01. The molecule has 6 heteroatoms. The number of carbonyl (C=O) groups excluding carboxylic acids is 1. The van der Waals surface area contributed by atoms with Gasteiger partial charge in [-0.2, -0.15) is 0 Å². The van der Waals surface area contributed by atoms with Gasteiger partial charge in [0.25, 0.3) is 0 Å². The Balaban J connectivity index is 1.55. The van der Waals surface area contributed by atoms with Crippen molar-refractivity contribution in [2.45, 2.75) is 50.6 Å². The van der Waals surface area contributed by atoms with Crippen molar-refractivity contribution >= 4 is 11.7 Å². The first kappa shape index (κ1) is 18.9. The largest absolute Gasteiger partial charge is 0.330 e. The normalized spacial score (nSPS) is 27.4. The van der Waals surface area contributed by atoms with E-state index in [0.717, 1.165) is 37.9 Å². The first-order valence-corrected chi connectivity index (χ1v) is 10.1. The molecule has 0 radical (unpaired) electrons. The summed E-state index contributed by atoms with van der Waals surface area (Å²) in [6, 6.07) is 10.8. The van der Waals surface area contributed by atoms with Gasteiger partial charge >= 0.3 is 6.03 Å². The Hall–Kier alpha value is -2.47. The van der Waals surface area contributed by atoms with Gasteiger partial charge in [0, 0.05) is 5.54 Å². The summed E-state index contributed by atoms with van der Waals surface area (Å²) in [5.74, 6) is 0.714. The third-order valence-electron chi connectivity index (χ3n) is 6.71. The van der Waals surface area contributed by atoms with Crippen LogP contribution in [-0.4, -0.2) is 46.6 Å². The first-order chi connectivity index (χ1) is 13.5. The van der Waals surface area contributed by atoms with E-state index in [-0.39, 0.29) is 17.1 Å². The molecule has 6 nitrogen and oxygen atoms in total. The van der Waals surface area contributed by atoms with Crippen LogP contribution in [-0.2, 0) is 5.54 Å². The number of hydrogen-bond donors (Lipinski definition) is 1. The van der Waals surface area contributed by atoms with Crippen LogP contribution in [0.5, 0.6) is 0 Å². The predicted molar refractivity (Wildman–Crippen MR) is 110 cm³/mol. The zero-order valence-electron chi connectivity index (χ0n) is 17.0. The van der Waals surface area contributed by atoms with E-state index in [9.17, 15) is 4.79 Å². The minimum Gasteiger partial charge on any atom is -0.330 e. The fourth-order valence-corrected chi connectivity index (χ4v) is 4.81. The number of urea groups is 1. The highest BCUT2D eigenvalue weighted by Gasteiger charge is 2.50. The minimum absolute atomic E-state index is 0.0341. The number of benzene rings is 1. The molecular formula is C22H29N5O. The second-order valence-corrected chi connectivity index (χ2v) is 8.20. The molecule has 148 valence electrons. The molecule has 1 saturated carbocycles. The van der Waals surface area contributed by atoms with Gasteiger partial charge in [-0.15, -0.1) is 0 Å². The first-order valence-electron chi connectivity index (χ1n) is 10.1. The maximum atomic E-state index is 12.7. The van der Waals surface area contributed by atoms with Gasteiger partial charge in [0.05, 0.1) is 30.2 Å². The second-order valence-electron chi connectivity index (χ2n) is 8.20. The Kier molecular flexibility index (Phi) is 4.83. The van der Waals surface area contributed by atoms with Crippen LogP contribution in [0, 0.1) is 6.92 Å². The van der Waals surface area contributed by atoms with Crippen LogP contribution < -0.4 is 10.2 Å². The molecule has 0 bridgehead atoms. The molecule has 1 aromatic heterocycles. The molecule has 2 amide bonds. The van der Waals surface area contributed by atoms with Crippen LogP contribution in [0.3, 0.4) is 0 Å². The maximum absolute atomic E-state index is 12.7. The third-order valence-corrected chi connectivity index (χ3v) is 6.71. The molecule has 1 spiro atoms. The van der Waals surface area contributed by atoms with Gasteiger partial charge in [0.2, 0.25) is 0 Å². The third kappa shape index (κ3) is 3.15. The van der Waals surface area contributed by atoms with E-state index in [1.807, 2.05) is 6.92 Å². The standard InChI is InChI=1S/C22H29N5O/c1-4-26(3)22(18-8-6-5-7-9-18)12-10-21(11-13-22)16-27(20(28)25-21)19-14-23-17(2)24-15-19/h5-9,14-15H,4,10-13,16H2,1-3H3,(H,25,28). The Morgan fingerprint density at radius 1 is 1.11 bits per heavy atom. The van der Waals surface area contributed by atoms with Crippen LogP contribution in [0.15, 0.2) is 42.7 Å². The van der Waals surface area contributed by atoms with Gasteiger partial charge in [-0.1, -0.05) is 37.3 Å². The van der Waals surface area contributed by atoms with Crippen LogP contribution in [0.2, 0.25) is 0 Å². The number of amides is 2. The number of carbonyl (C=O) groups is 1. The molecule has 1 N–H and O–H groups in total. The fraction of sp³-hybridized carbons (Fsp3) is 0.500. The molecule has 1 aliphatic carbocycles. The predicted octanol–water partition coefficient (Wildman–Crippen LogP) is 3.47. The van der Waals surface area contributed by atoms with Gasteiger partial charge < -0.3 is 5.32 Å². The average Bonchev–Trinajstić information content (AvgIpc) is 3.05. The van der Waals surface area contributed by atoms with Gasteiger partial charge in [-0.05, 0) is 51.8 Å². The number of aromatic nitrogens is 2. The number of nitrogens with zero attached hydrogens (tertiary/aromatic N) is 4. The lowest BCUT2D eigenvalue weighted by molar-refractivity contribution is 0.0495. The summed E-state index contributed by atoms with van der Waals surface area (Å²) in [5, 5.41) is 3.29. The zero-order valence-corrected chi connectivity index (χ0v) is 17.0. The van der Waals surface area contributed by atoms with Crippen LogP contribution >= 0.6 is 0 Å². The van der Waals surface area contributed by atoms with Crippen molar-refractivity contribution in [2.75, 3.05) is 25.0 Å². The molecule has 28 heavy (non-hydrogen) atoms. The minimum atomic E-state index is -0.172. The van der Waals surface area contributed by atoms with Gasteiger partial charge in [0.15, 0.2) is 0 Å². The number of anilines is 1. The number of rotatable bonds is 4. The maximum Gasteiger partial charge on any atom is 0.322 e. The average molecular weight is 380 g/mol. The van der Waals surface area contributed by atoms with Crippen LogP contribution in [0.25, 0.3) is 0 Å². The molecule has 0 unspecified atom stereocenters. The molecule has 2 fully saturated rings. The second kappa shape index (κ2) is 7.17. The van der Waals surface area contributed by atoms with Gasteiger partial charge in [-0.3, -0.25) is 9.80 Å². The van der Waals surface area contributed by atoms with Gasteiger partial charge in [0.1, 0.15) is 5.82 Å². The van der Waals surface area contributed by atoms with E-state index >= 15 is 0 Å². The zero-order chi connectivity index (χ0) is 19.8. The van der Waals surface area contributed by atoms with Gasteiger partial charge in [-0.25, -0.2) is 14.8 Å². The summed E-state index contributed by atoms with van der Waals surface area (Å²) in [6.45, 7) is 5.75. The van der Waals surface area contributed by atoms with Crippen molar-refractivity contribution in [1.29, 1.82) is 0 Å². The summed E-state index contributed by atoms with van der Waals surface area (Å²) in [4.78, 5) is 25.5.